The maximum Gasteiger partial charge on any atom is 0.244 e. The molecule has 2 atom stereocenters. The monoisotopic (exact) mass is 375 g/mol. The standard InChI is InChI=1S/C15H22BrNO3S/c1-11-4-3-5-13(8-11)17(2)21(19,20)15-7-6-12(10-18)9-14(15)16/h6-7,9,11,13,18H,3-5,8,10H2,1-2H3. The molecule has 0 radical (unpaired) electrons. The molecule has 1 saturated carbocycles. The SMILES string of the molecule is CC1CCCC(N(C)S(=O)(=O)c2ccc(CO)cc2Br)C1. The Labute approximate surface area is 135 Å². The molecule has 1 N–H and O–H groups in total. The Morgan fingerprint density at radius 3 is 2.67 bits per heavy atom. The van der Waals surface area contributed by atoms with Crippen molar-refractivity contribution in [3.63, 3.8) is 0 Å². The summed E-state index contributed by atoms with van der Waals surface area (Å²) in [6.07, 6.45) is 4.10. The zero-order chi connectivity index (χ0) is 15.6. The molecule has 2 rings (SSSR count). The smallest absolute Gasteiger partial charge is 0.244 e. The molecule has 118 valence electrons. The lowest BCUT2D eigenvalue weighted by Crippen LogP contribution is -2.39. The van der Waals surface area contributed by atoms with Crippen molar-refractivity contribution < 1.29 is 13.5 Å². The molecule has 21 heavy (non-hydrogen) atoms. The molecule has 4 nitrogen and oxygen atoms in total. The van der Waals surface area contributed by atoms with Crippen LogP contribution in [0.1, 0.15) is 38.2 Å². The van der Waals surface area contributed by atoms with Gasteiger partial charge in [-0.2, -0.15) is 4.31 Å². The van der Waals surface area contributed by atoms with E-state index in [4.69, 9.17) is 5.11 Å². The Hall–Kier alpha value is -0.430. The van der Waals surface area contributed by atoms with Gasteiger partial charge in [-0.3, -0.25) is 0 Å². The molecule has 1 aliphatic carbocycles. The third-order valence-electron chi connectivity index (χ3n) is 4.26. The van der Waals surface area contributed by atoms with E-state index in [1.165, 1.54) is 10.7 Å². The van der Waals surface area contributed by atoms with Crippen molar-refractivity contribution in [1.29, 1.82) is 0 Å². The second-order valence-corrected chi connectivity index (χ2v) is 8.69. The lowest BCUT2D eigenvalue weighted by Gasteiger charge is -2.33. The number of rotatable bonds is 4. The molecular formula is C15H22BrNO3S. The predicted octanol–water partition coefficient (Wildman–Crippen LogP) is 3.14. The molecule has 1 aromatic rings. The first-order valence-electron chi connectivity index (χ1n) is 7.23. The molecule has 2 unspecified atom stereocenters. The molecule has 0 bridgehead atoms. The molecule has 0 spiro atoms. The van der Waals surface area contributed by atoms with Gasteiger partial charge in [-0.1, -0.05) is 25.8 Å². The highest BCUT2D eigenvalue weighted by molar-refractivity contribution is 9.10. The van der Waals surface area contributed by atoms with Crippen LogP contribution in [0.5, 0.6) is 0 Å². The number of hydrogen-bond acceptors (Lipinski definition) is 3. The fourth-order valence-electron chi connectivity index (χ4n) is 2.94. The minimum Gasteiger partial charge on any atom is -0.392 e. The quantitative estimate of drug-likeness (QED) is 0.879. The fraction of sp³-hybridized carbons (Fsp3) is 0.600. The van der Waals surface area contributed by atoms with E-state index in [1.807, 2.05) is 0 Å². The summed E-state index contributed by atoms with van der Waals surface area (Å²) in [4.78, 5) is 0.264. The van der Waals surface area contributed by atoms with E-state index >= 15 is 0 Å². The lowest BCUT2D eigenvalue weighted by molar-refractivity contribution is 0.239. The molecule has 1 fully saturated rings. The molecule has 0 heterocycles. The van der Waals surface area contributed by atoms with Crippen LogP contribution in [0.15, 0.2) is 27.6 Å². The van der Waals surface area contributed by atoms with Crippen LogP contribution >= 0.6 is 15.9 Å². The van der Waals surface area contributed by atoms with E-state index in [2.05, 4.69) is 22.9 Å². The number of benzene rings is 1. The van der Waals surface area contributed by atoms with E-state index in [9.17, 15) is 8.42 Å². The number of sulfonamides is 1. The summed E-state index contributed by atoms with van der Waals surface area (Å²) in [6, 6.07) is 4.94. The van der Waals surface area contributed by atoms with Gasteiger partial charge < -0.3 is 5.11 Å². The first kappa shape index (κ1) is 16.9. The minimum absolute atomic E-state index is 0.0724. The van der Waals surface area contributed by atoms with Crippen LogP contribution in [0, 0.1) is 5.92 Å². The molecular weight excluding hydrogens is 354 g/mol. The second kappa shape index (κ2) is 6.77. The van der Waals surface area contributed by atoms with E-state index in [1.54, 1.807) is 25.2 Å². The summed E-state index contributed by atoms with van der Waals surface area (Å²) in [6.45, 7) is 2.08. The maximum atomic E-state index is 12.8. The first-order valence-corrected chi connectivity index (χ1v) is 9.47. The number of halogens is 1. The van der Waals surface area contributed by atoms with Gasteiger partial charge >= 0.3 is 0 Å². The predicted molar refractivity (Wildman–Crippen MR) is 86.4 cm³/mol. The molecule has 0 aliphatic heterocycles. The number of aliphatic hydroxyl groups excluding tert-OH is 1. The second-order valence-electron chi connectivity index (χ2n) is 5.87. The van der Waals surface area contributed by atoms with Gasteiger partial charge in [-0.25, -0.2) is 8.42 Å². The largest absolute Gasteiger partial charge is 0.392 e. The van der Waals surface area contributed by atoms with Gasteiger partial charge in [0.05, 0.1) is 11.5 Å². The average Bonchev–Trinajstić information content (AvgIpc) is 2.45. The Morgan fingerprint density at radius 2 is 2.10 bits per heavy atom. The van der Waals surface area contributed by atoms with Crippen LogP contribution in [0.25, 0.3) is 0 Å². The van der Waals surface area contributed by atoms with Gasteiger partial charge in [0.25, 0.3) is 0 Å². The normalized spacial score (nSPS) is 23.5. The maximum absolute atomic E-state index is 12.8. The molecule has 0 aromatic heterocycles. The lowest BCUT2D eigenvalue weighted by atomic mass is 9.87. The molecule has 6 heteroatoms. The molecule has 0 amide bonds. The zero-order valence-electron chi connectivity index (χ0n) is 12.4. The van der Waals surface area contributed by atoms with E-state index in [-0.39, 0.29) is 17.5 Å². The van der Waals surface area contributed by atoms with Crippen LogP contribution in [0.2, 0.25) is 0 Å². The highest BCUT2D eigenvalue weighted by atomic mass is 79.9. The van der Waals surface area contributed by atoms with Crippen LogP contribution in [-0.2, 0) is 16.6 Å². The summed E-state index contributed by atoms with van der Waals surface area (Å²) in [5.41, 5.74) is 0.690. The van der Waals surface area contributed by atoms with Gasteiger partial charge in [-0.05, 0) is 52.4 Å². The van der Waals surface area contributed by atoms with Gasteiger partial charge in [0.1, 0.15) is 0 Å². The van der Waals surface area contributed by atoms with Gasteiger partial charge in [0.15, 0.2) is 0 Å². The topological polar surface area (TPSA) is 57.6 Å². The van der Waals surface area contributed by atoms with Crippen LogP contribution in [-0.4, -0.2) is 30.9 Å². The average molecular weight is 376 g/mol. The fourth-order valence-corrected chi connectivity index (χ4v) is 5.42. The van der Waals surface area contributed by atoms with Crippen LogP contribution < -0.4 is 0 Å². The summed E-state index contributed by atoms with van der Waals surface area (Å²) in [7, 11) is -1.84. The Morgan fingerprint density at radius 1 is 1.38 bits per heavy atom. The Kier molecular flexibility index (Phi) is 5.46. The summed E-state index contributed by atoms with van der Waals surface area (Å²) < 4.78 is 27.6. The van der Waals surface area contributed by atoms with E-state index in [0.29, 0.717) is 16.0 Å². The summed E-state index contributed by atoms with van der Waals surface area (Å²) >= 11 is 3.31. The van der Waals surface area contributed by atoms with Crippen molar-refractivity contribution in [2.45, 2.75) is 50.2 Å². The van der Waals surface area contributed by atoms with Crippen molar-refractivity contribution in [2.75, 3.05) is 7.05 Å². The van der Waals surface area contributed by atoms with Gasteiger partial charge in [0.2, 0.25) is 10.0 Å². The summed E-state index contributed by atoms with van der Waals surface area (Å²) in [5.74, 6) is 0.571. The van der Waals surface area contributed by atoms with Crippen molar-refractivity contribution >= 4 is 26.0 Å². The summed E-state index contributed by atoms with van der Waals surface area (Å²) in [5, 5.41) is 9.12. The minimum atomic E-state index is -3.51. The van der Waals surface area contributed by atoms with Crippen molar-refractivity contribution in [3.05, 3.63) is 28.2 Å². The van der Waals surface area contributed by atoms with Gasteiger partial charge in [0, 0.05) is 17.6 Å². The number of hydrogen-bond donors (Lipinski definition) is 1. The van der Waals surface area contributed by atoms with Crippen molar-refractivity contribution in [3.8, 4) is 0 Å². The highest BCUT2D eigenvalue weighted by Crippen LogP contribution is 2.32. The zero-order valence-corrected chi connectivity index (χ0v) is 14.8. The molecule has 0 saturated heterocycles. The highest BCUT2D eigenvalue weighted by Gasteiger charge is 2.32. The Bertz CT molecular complexity index is 603. The number of aliphatic hydroxyl groups is 1. The first-order chi connectivity index (χ1) is 9.86. The van der Waals surface area contributed by atoms with E-state index in [0.717, 1.165) is 19.3 Å². The van der Waals surface area contributed by atoms with Gasteiger partial charge in [-0.15, -0.1) is 0 Å². The molecule has 1 aromatic carbocycles. The third kappa shape index (κ3) is 3.67. The van der Waals surface area contributed by atoms with Crippen LogP contribution in [0.4, 0.5) is 0 Å². The van der Waals surface area contributed by atoms with Crippen molar-refractivity contribution in [1.82, 2.24) is 4.31 Å². The van der Waals surface area contributed by atoms with Crippen LogP contribution in [0.3, 0.4) is 0 Å². The van der Waals surface area contributed by atoms with E-state index < -0.39 is 10.0 Å². The molecule has 1 aliphatic rings. The third-order valence-corrected chi connectivity index (χ3v) is 7.15. The van der Waals surface area contributed by atoms with Crippen molar-refractivity contribution in [2.24, 2.45) is 5.92 Å². The Balaban J connectivity index is 2.28. The number of nitrogens with zero attached hydrogens (tertiary/aromatic N) is 1.